The zero-order valence-electron chi connectivity index (χ0n) is 14.1. The largest absolute Gasteiger partial charge is 0.482 e. The predicted molar refractivity (Wildman–Crippen MR) is 93.0 cm³/mol. The molecule has 8 heteroatoms. The Labute approximate surface area is 150 Å². The third-order valence-corrected chi connectivity index (χ3v) is 3.54. The average molecular weight is 357 g/mol. The van der Waals surface area contributed by atoms with Crippen LogP contribution in [0.2, 0.25) is 0 Å². The summed E-state index contributed by atoms with van der Waals surface area (Å²) in [5, 5.41) is 11.2. The average Bonchev–Trinajstić information content (AvgIpc) is 2.66. The number of aliphatic carboxylic acids is 1. The molecule has 0 radical (unpaired) electrons. The Balaban J connectivity index is 1.97. The number of carbonyl (C=O) groups is 3. The smallest absolute Gasteiger partial charge is 0.341 e. The van der Waals surface area contributed by atoms with Crippen LogP contribution in [0.15, 0.2) is 42.6 Å². The SMILES string of the molecule is CC(NC(=O)c1ccc(CN)nc1)C(=O)c1ccc(OCC(=O)O)cc1. The number of ether oxygens (including phenoxy) is 1. The molecular formula is C18H19N3O5. The van der Waals surface area contributed by atoms with Gasteiger partial charge in [0.1, 0.15) is 5.75 Å². The molecule has 0 saturated carbocycles. The number of pyridine rings is 1. The highest BCUT2D eigenvalue weighted by Crippen LogP contribution is 2.14. The van der Waals surface area contributed by atoms with Crippen LogP contribution in [0.1, 0.15) is 33.3 Å². The van der Waals surface area contributed by atoms with E-state index in [0.717, 1.165) is 0 Å². The molecule has 136 valence electrons. The van der Waals surface area contributed by atoms with Crippen molar-refractivity contribution in [1.82, 2.24) is 10.3 Å². The molecule has 1 heterocycles. The fourth-order valence-corrected chi connectivity index (χ4v) is 2.14. The van der Waals surface area contributed by atoms with Gasteiger partial charge in [0.05, 0.1) is 17.3 Å². The van der Waals surface area contributed by atoms with Crippen molar-refractivity contribution < 1.29 is 24.2 Å². The second-order valence-electron chi connectivity index (χ2n) is 5.51. The molecule has 1 unspecified atom stereocenters. The Morgan fingerprint density at radius 1 is 1.15 bits per heavy atom. The minimum absolute atomic E-state index is 0.281. The first-order valence-electron chi connectivity index (χ1n) is 7.85. The molecule has 0 aliphatic carbocycles. The number of nitrogens with zero attached hydrogens (tertiary/aromatic N) is 1. The van der Waals surface area contributed by atoms with Crippen LogP contribution >= 0.6 is 0 Å². The predicted octanol–water partition coefficient (Wildman–Crippen LogP) is 1.00. The Morgan fingerprint density at radius 2 is 1.81 bits per heavy atom. The fourth-order valence-electron chi connectivity index (χ4n) is 2.14. The van der Waals surface area contributed by atoms with E-state index >= 15 is 0 Å². The van der Waals surface area contributed by atoms with E-state index in [0.29, 0.717) is 22.6 Å². The molecule has 0 aliphatic rings. The summed E-state index contributed by atoms with van der Waals surface area (Å²) in [4.78, 5) is 39.1. The molecule has 0 fully saturated rings. The number of ketones is 1. The highest BCUT2D eigenvalue weighted by molar-refractivity contribution is 6.04. The Hall–Kier alpha value is -3.26. The summed E-state index contributed by atoms with van der Waals surface area (Å²) in [5.74, 6) is -1.44. The zero-order valence-corrected chi connectivity index (χ0v) is 14.1. The molecule has 0 bridgehead atoms. The van der Waals surface area contributed by atoms with Crippen LogP contribution in [0.25, 0.3) is 0 Å². The number of carboxylic acids is 1. The first kappa shape index (κ1) is 19.1. The fraction of sp³-hybridized carbons (Fsp3) is 0.222. The summed E-state index contributed by atoms with van der Waals surface area (Å²) in [6, 6.07) is 8.52. The number of carboxylic acid groups (broad SMARTS) is 1. The quantitative estimate of drug-likeness (QED) is 0.601. The van der Waals surface area contributed by atoms with Crippen LogP contribution < -0.4 is 15.8 Å². The van der Waals surface area contributed by atoms with E-state index in [4.69, 9.17) is 15.6 Å². The number of rotatable bonds is 8. The van der Waals surface area contributed by atoms with Crippen molar-refractivity contribution in [1.29, 1.82) is 0 Å². The van der Waals surface area contributed by atoms with Crippen molar-refractivity contribution in [2.24, 2.45) is 5.73 Å². The van der Waals surface area contributed by atoms with E-state index in [2.05, 4.69) is 10.3 Å². The topological polar surface area (TPSA) is 132 Å². The number of hydrogen-bond acceptors (Lipinski definition) is 6. The Morgan fingerprint density at radius 3 is 2.35 bits per heavy atom. The van der Waals surface area contributed by atoms with Crippen LogP contribution in [0.5, 0.6) is 5.75 Å². The molecule has 0 aliphatic heterocycles. The van der Waals surface area contributed by atoms with Crippen molar-refractivity contribution in [3.8, 4) is 5.75 Å². The lowest BCUT2D eigenvalue weighted by molar-refractivity contribution is -0.139. The number of benzene rings is 1. The molecule has 8 nitrogen and oxygen atoms in total. The monoisotopic (exact) mass is 357 g/mol. The highest BCUT2D eigenvalue weighted by Gasteiger charge is 2.18. The molecule has 0 spiro atoms. The van der Waals surface area contributed by atoms with Crippen LogP contribution in [-0.4, -0.2) is 40.4 Å². The maximum absolute atomic E-state index is 12.4. The van der Waals surface area contributed by atoms with E-state index < -0.39 is 24.5 Å². The van der Waals surface area contributed by atoms with Gasteiger partial charge in [-0.05, 0) is 43.3 Å². The summed E-state index contributed by atoms with van der Waals surface area (Å²) in [6.07, 6.45) is 1.41. The molecule has 1 aromatic heterocycles. The van der Waals surface area contributed by atoms with Gasteiger partial charge in [0.2, 0.25) is 0 Å². The van der Waals surface area contributed by atoms with E-state index in [1.807, 2.05) is 0 Å². The van der Waals surface area contributed by atoms with Gasteiger partial charge in [-0.25, -0.2) is 4.79 Å². The Bertz CT molecular complexity index is 787. The molecule has 2 aromatic rings. The highest BCUT2D eigenvalue weighted by atomic mass is 16.5. The molecular weight excluding hydrogens is 338 g/mol. The van der Waals surface area contributed by atoms with Gasteiger partial charge in [-0.2, -0.15) is 0 Å². The summed E-state index contributed by atoms with van der Waals surface area (Å²) < 4.78 is 5.01. The van der Waals surface area contributed by atoms with Crippen LogP contribution in [-0.2, 0) is 11.3 Å². The molecule has 1 atom stereocenters. The standard InChI is InChI=1S/C18H19N3O5/c1-11(21-18(25)13-2-5-14(8-19)20-9-13)17(24)12-3-6-15(7-4-12)26-10-16(22)23/h2-7,9,11H,8,10,19H2,1H3,(H,21,25)(H,22,23). The Kier molecular flexibility index (Phi) is 6.40. The molecule has 1 amide bonds. The van der Waals surface area contributed by atoms with Crippen LogP contribution in [0, 0.1) is 0 Å². The lowest BCUT2D eigenvalue weighted by Gasteiger charge is -2.13. The first-order chi connectivity index (χ1) is 12.4. The second kappa shape index (κ2) is 8.72. The summed E-state index contributed by atoms with van der Waals surface area (Å²) in [6.45, 7) is 1.40. The van der Waals surface area contributed by atoms with Gasteiger partial charge in [0, 0.05) is 18.3 Å². The minimum atomic E-state index is -1.09. The summed E-state index contributed by atoms with van der Waals surface area (Å²) in [7, 11) is 0. The van der Waals surface area contributed by atoms with Gasteiger partial charge in [0.15, 0.2) is 12.4 Å². The van der Waals surface area contributed by atoms with Crippen LogP contribution in [0.4, 0.5) is 0 Å². The number of Topliss-reactive ketones (excluding diaryl/α,β-unsaturated/α-hetero) is 1. The second-order valence-corrected chi connectivity index (χ2v) is 5.51. The van der Waals surface area contributed by atoms with Crippen molar-refractivity contribution in [2.45, 2.75) is 19.5 Å². The number of amides is 1. The maximum Gasteiger partial charge on any atom is 0.341 e. The van der Waals surface area contributed by atoms with Crippen LogP contribution in [0.3, 0.4) is 0 Å². The lowest BCUT2D eigenvalue weighted by Crippen LogP contribution is -2.38. The van der Waals surface area contributed by atoms with E-state index in [9.17, 15) is 14.4 Å². The molecule has 26 heavy (non-hydrogen) atoms. The number of nitrogens with two attached hydrogens (primary N) is 1. The zero-order chi connectivity index (χ0) is 19.1. The van der Waals surface area contributed by atoms with E-state index in [1.165, 1.54) is 30.5 Å². The minimum Gasteiger partial charge on any atom is -0.482 e. The lowest BCUT2D eigenvalue weighted by atomic mass is 10.0. The van der Waals surface area contributed by atoms with Crippen molar-refractivity contribution in [3.05, 3.63) is 59.4 Å². The van der Waals surface area contributed by atoms with E-state index in [1.54, 1.807) is 19.1 Å². The van der Waals surface area contributed by atoms with Gasteiger partial charge in [0.25, 0.3) is 5.91 Å². The van der Waals surface area contributed by atoms with Gasteiger partial charge in [-0.15, -0.1) is 0 Å². The number of nitrogens with one attached hydrogen (secondary N) is 1. The normalized spacial score (nSPS) is 11.5. The van der Waals surface area contributed by atoms with Gasteiger partial charge < -0.3 is 20.9 Å². The number of hydrogen-bond donors (Lipinski definition) is 3. The van der Waals surface area contributed by atoms with Gasteiger partial charge in [-0.1, -0.05) is 0 Å². The number of aromatic nitrogens is 1. The molecule has 4 N–H and O–H groups in total. The molecule has 1 aromatic carbocycles. The van der Waals surface area contributed by atoms with Crippen molar-refractivity contribution in [3.63, 3.8) is 0 Å². The maximum atomic E-state index is 12.4. The third kappa shape index (κ3) is 5.12. The van der Waals surface area contributed by atoms with Crippen molar-refractivity contribution in [2.75, 3.05) is 6.61 Å². The number of carbonyl (C=O) groups excluding carboxylic acids is 2. The third-order valence-electron chi connectivity index (χ3n) is 3.54. The van der Waals surface area contributed by atoms with E-state index in [-0.39, 0.29) is 12.3 Å². The van der Waals surface area contributed by atoms with Gasteiger partial charge >= 0.3 is 5.97 Å². The molecule has 0 saturated heterocycles. The van der Waals surface area contributed by atoms with Gasteiger partial charge in [-0.3, -0.25) is 14.6 Å². The van der Waals surface area contributed by atoms with Crippen molar-refractivity contribution >= 4 is 17.7 Å². The summed E-state index contributed by atoms with van der Waals surface area (Å²) >= 11 is 0. The molecule has 2 rings (SSSR count). The summed E-state index contributed by atoms with van der Waals surface area (Å²) in [5.41, 5.74) is 6.83. The first-order valence-corrected chi connectivity index (χ1v) is 7.85.